The molecule has 0 saturated carbocycles. The molecule has 1 aromatic heterocycles. The van der Waals surface area contributed by atoms with E-state index in [0.29, 0.717) is 18.2 Å². The lowest BCUT2D eigenvalue weighted by atomic mass is 10.1. The summed E-state index contributed by atoms with van der Waals surface area (Å²) in [6.45, 7) is 2.51. The highest BCUT2D eigenvalue weighted by atomic mass is 16.2. The summed E-state index contributed by atoms with van der Waals surface area (Å²) in [7, 11) is 1.80. The van der Waals surface area contributed by atoms with E-state index in [4.69, 9.17) is 0 Å². The largest absolute Gasteiger partial charge is 0.341 e. The first-order valence-corrected chi connectivity index (χ1v) is 8.11. The Bertz CT molecular complexity index is 653. The van der Waals surface area contributed by atoms with E-state index >= 15 is 0 Å². The lowest BCUT2D eigenvalue weighted by molar-refractivity contribution is 0.0779. The molecule has 1 saturated heterocycles. The molecule has 0 N–H and O–H groups in total. The van der Waals surface area contributed by atoms with Gasteiger partial charge in [-0.2, -0.15) is 0 Å². The van der Waals surface area contributed by atoms with Gasteiger partial charge in [0.25, 0.3) is 5.91 Å². The molecule has 0 radical (unpaired) electrons. The van der Waals surface area contributed by atoms with Crippen molar-refractivity contribution < 1.29 is 4.79 Å². The molecule has 0 spiro atoms. The minimum Gasteiger partial charge on any atom is -0.341 e. The van der Waals surface area contributed by atoms with Crippen molar-refractivity contribution in [2.24, 2.45) is 0 Å². The average molecular weight is 310 g/mol. The van der Waals surface area contributed by atoms with Gasteiger partial charge in [0.15, 0.2) is 0 Å². The van der Waals surface area contributed by atoms with E-state index in [0.717, 1.165) is 31.5 Å². The van der Waals surface area contributed by atoms with Crippen molar-refractivity contribution in [3.05, 3.63) is 53.9 Å². The number of nitrogens with zero attached hydrogens (tertiary/aromatic N) is 4. The van der Waals surface area contributed by atoms with E-state index in [1.165, 1.54) is 6.42 Å². The molecule has 120 valence electrons. The second-order valence-corrected chi connectivity index (χ2v) is 5.94. The summed E-state index contributed by atoms with van der Waals surface area (Å²) >= 11 is 0. The molecule has 2 heterocycles. The number of aromatic nitrogens is 2. The fourth-order valence-electron chi connectivity index (χ4n) is 2.84. The molecular weight excluding hydrogens is 288 g/mol. The number of carbonyl (C=O) groups is 1. The molecule has 5 nitrogen and oxygen atoms in total. The quantitative estimate of drug-likeness (QED) is 0.871. The lowest BCUT2D eigenvalue weighted by Crippen LogP contribution is -2.32. The van der Waals surface area contributed by atoms with Crippen molar-refractivity contribution in [3.63, 3.8) is 0 Å². The van der Waals surface area contributed by atoms with Crippen LogP contribution in [0.5, 0.6) is 0 Å². The maximum Gasteiger partial charge on any atom is 0.272 e. The second-order valence-electron chi connectivity index (χ2n) is 5.94. The monoisotopic (exact) mass is 310 g/mol. The summed E-state index contributed by atoms with van der Waals surface area (Å²) in [5.41, 5.74) is 1.56. The van der Waals surface area contributed by atoms with Crippen LogP contribution in [0.1, 0.15) is 35.3 Å². The highest BCUT2D eigenvalue weighted by Gasteiger charge is 2.18. The predicted molar refractivity (Wildman–Crippen MR) is 90.3 cm³/mol. The Morgan fingerprint density at radius 2 is 1.87 bits per heavy atom. The second kappa shape index (κ2) is 7.22. The number of rotatable bonds is 4. The summed E-state index contributed by atoms with van der Waals surface area (Å²) in [6.07, 6.45) is 5.26. The Hall–Kier alpha value is -2.43. The van der Waals surface area contributed by atoms with Crippen LogP contribution in [0.4, 0.5) is 5.95 Å². The molecule has 0 bridgehead atoms. The number of benzene rings is 1. The van der Waals surface area contributed by atoms with Crippen LogP contribution < -0.4 is 4.90 Å². The van der Waals surface area contributed by atoms with Crippen molar-refractivity contribution in [2.75, 3.05) is 25.0 Å². The minimum atomic E-state index is -0.0745. The van der Waals surface area contributed by atoms with Crippen LogP contribution in [0.2, 0.25) is 0 Å². The first-order valence-electron chi connectivity index (χ1n) is 8.11. The fraction of sp³-hybridized carbons (Fsp3) is 0.389. The van der Waals surface area contributed by atoms with Crippen molar-refractivity contribution in [1.29, 1.82) is 0 Å². The standard InChI is InChI=1S/C18H22N4O/c1-21(14-15-8-4-2-5-9-15)17(23)16-10-11-19-18(20-16)22-12-6-3-7-13-22/h2,4-5,8-11H,3,6-7,12-14H2,1H3. The Labute approximate surface area is 137 Å². The molecule has 1 aliphatic heterocycles. The normalized spacial score (nSPS) is 14.6. The van der Waals surface area contributed by atoms with Crippen molar-refractivity contribution in [1.82, 2.24) is 14.9 Å². The van der Waals surface area contributed by atoms with E-state index in [2.05, 4.69) is 14.9 Å². The van der Waals surface area contributed by atoms with E-state index in [9.17, 15) is 4.79 Å². The lowest BCUT2D eigenvalue weighted by Gasteiger charge is -2.26. The van der Waals surface area contributed by atoms with Gasteiger partial charge >= 0.3 is 0 Å². The van der Waals surface area contributed by atoms with Gasteiger partial charge in [-0.1, -0.05) is 30.3 Å². The summed E-state index contributed by atoms with van der Waals surface area (Å²) in [4.78, 5) is 25.3. The predicted octanol–water partition coefficient (Wildman–Crippen LogP) is 2.74. The molecule has 23 heavy (non-hydrogen) atoms. The molecule has 1 aromatic carbocycles. The van der Waals surface area contributed by atoms with Gasteiger partial charge < -0.3 is 9.80 Å². The summed E-state index contributed by atoms with van der Waals surface area (Å²) < 4.78 is 0. The number of carbonyl (C=O) groups excluding carboxylic acids is 1. The van der Waals surface area contributed by atoms with Gasteiger partial charge in [0, 0.05) is 32.9 Å². The zero-order valence-electron chi connectivity index (χ0n) is 13.5. The smallest absolute Gasteiger partial charge is 0.272 e. The molecular formula is C18H22N4O. The Morgan fingerprint density at radius 1 is 1.13 bits per heavy atom. The van der Waals surface area contributed by atoms with E-state index < -0.39 is 0 Å². The van der Waals surface area contributed by atoms with Gasteiger partial charge in [-0.3, -0.25) is 4.79 Å². The molecule has 1 aliphatic rings. The maximum atomic E-state index is 12.6. The minimum absolute atomic E-state index is 0.0745. The summed E-state index contributed by atoms with van der Waals surface area (Å²) in [5.74, 6) is 0.596. The molecule has 1 fully saturated rings. The van der Waals surface area contributed by atoms with Crippen LogP contribution in [0.3, 0.4) is 0 Å². The fourth-order valence-corrected chi connectivity index (χ4v) is 2.84. The van der Waals surface area contributed by atoms with Crippen LogP contribution in [0.15, 0.2) is 42.6 Å². The van der Waals surface area contributed by atoms with E-state index in [1.54, 1.807) is 24.2 Å². The number of anilines is 1. The van der Waals surface area contributed by atoms with Crippen LogP contribution in [0, 0.1) is 0 Å². The van der Waals surface area contributed by atoms with Crippen LogP contribution in [-0.2, 0) is 6.54 Å². The van der Waals surface area contributed by atoms with Crippen LogP contribution >= 0.6 is 0 Å². The molecule has 0 unspecified atom stereocenters. The Balaban J connectivity index is 1.71. The van der Waals surface area contributed by atoms with Gasteiger partial charge in [-0.05, 0) is 30.9 Å². The highest BCUT2D eigenvalue weighted by Crippen LogP contribution is 2.16. The van der Waals surface area contributed by atoms with Gasteiger partial charge in [0.1, 0.15) is 5.69 Å². The zero-order valence-corrected chi connectivity index (χ0v) is 13.5. The molecule has 2 aromatic rings. The first kappa shape index (κ1) is 15.5. The van der Waals surface area contributed by atoms with Gasteiger partial charge in [-0.25, -0.2) is 9.97 Å². The third-order valence-corrected chi connectivity index (χ3v) is 4.11. The third kappa shape index (κ3) is 3.86. The summed E-state index contributed by atoms with van der Waals surface area (Å²) in [5, 5.41) is 0. The third-order valence-electron chi connectivity index (χ3n) is 4.11. The van der Waals surface area contributed by atoms with E-state index in [-0.39, 0.29) is 5.91 Å². The van der Waals surface area contributed by atoms with E-state index in [1.807, 2.05) is 30.3 Å². The Kier molecular flexibility index (Phi) is 4.86. The SMILES string of the molecule is CN(Cc1ccccc1)C(=O)c1ccnc(N2CCCCC2)n1. The first-order chi connectivity index (χ1) is 11.2. The van der Waals surface area contributed by atoms with Gasteiger partial charge in [-0.15, -0.1) is 0 Å². The molecule has 5 heteroatoms. The van der Waals surface area contributed by atoms with Crippen LogP contribution in [0.25, 0.3) is 0 Å². The molecule has 0 atom stereocenters. The summed E-state index contributed by atoms with van der Waals surface area (Å²) in [6, 6.07) is 11.7. The van der Waals surface area contributed by atoms with Crippen LogP contribution in [-0.4, -0.2) is 40.9 Å². The number of amides is 1. The molecule has 3 rings (SSSR count). The zero-order chi connectivity index (χ0) is 16.1. The number of hydrogen-bond acceptors (Lipinski definition) is 4. The van der Waals surface area contributed by atoms with Crippen molar-refractivity contribution in [2.45, 2.75) is 25.8 Å². The molecule has 1 amide bonds. The van der Waals surface area contributed by atoms with Gasteiger partial charge in [0.2, 0.25) is 5.95 Å². The highest BCUT2D eigenvalue weighted by molar-refractivity contribution is 5.92. The molecule has 0 aliphatic carbocycles. The topological polar surface area (TPSA) is 49.3 Å². The van der Waals surface area contributed by atoms with Gasteiger partial charge in [0.05, 0.1) is 0 Å². The van der Waals surface area contributed by atoms with Crippen molar-refractivity contribution in [3.8, 4) is 0 Å². The average Bonchev–Trinajstić information content (AvgIpc) is 2.63. The van der Waals surface area contributed by atoms with Crippen molar-refractivity contribution >= 4 is 11.9 Å². The Morgan fingerprint density at radius 3 is 2.61 bits per heavy atom. The number of piperidine rings is 1. The maximum absolute atomic E-state index is 12.6. The number of hydrogen-bond donors (Lipinski definition) is 0.